The molecule has 1 nitrogen and oxygen atoms in total. The fourth-order valence-electron chi connectivity index (χ4n) is 7.50. The van der Waals surface area contributed by atoms with E-state index in [1.54, 1.807) is 0 Å². The van der Waals surface area contributed by atoms with Crippen molar-refractivity contribution in [3.8, 4) is 0 Å². The second kappa shape index (κ2) is 2.75. The zero-order valence-electron chi connectivity index (χ0n) is 12.2. The van der Waals surface area contributed by atoms with E-state index in [1.165, 1.54) is 19.3 Å². The van der Waals surface area contributed by atoms with Crippen molar-refractivity contribution in [2.45, 2.75) is 47.0 Å². The quantitative estimate of drug-likeness (QED) is 0.738. The van der Waals surface area contributed by atoms with E-state index in [2.05, 4.69) is 39.8 Å². The molecule has 0 radical (unpaired) electrons. The maximum Gasteiger partial charge on any atom is 0.0527 e. The molecule has 0 bridgehead atoms. The van der Waals surface area contributed by atoms with Gasteiger partial charge in [-0.15, -0.1) is 0 Å². The smallest absolute Gasteiger partial charge is 0.0527 e. The summed E-state index contributed by atoms with van der Waals surface area (Å²) in [5.74, 6) is 2.40. The van der Waals surface area contributed by atoms with Gasteiger partial charge in [-0.05, 0) is 53.3 Å². The number of rotatable bonds is 2. The van der Waals surface area contributed by atoms with Crippen LogP contribution in [0.4, 0.5) is 0 Å². The Balaban J connectivity index is 1.87. The highest BCUT2D eigenvalue weighted by molar-refractivity contribution is 5.48. The molecule has 1 spiro atoms. The molecule has 4 aliphatic rings. The molecule has 0 aromatic carbocycles. The Labute approximate surface area is 111 Å². The molecule has 0 amide bonds. The van der Waals surface area contributed by atoms with Gasteiger partial charge in [0.05, 0.1) is 6.61 Å². The molecule has 0 heterocycles. The Hall–Kier alpha value is -0.300. The predicted molar refractivity (Wildman–Crippen MR) is 73.0 cm³/mol. The Morgan fingerprint density at radius 1 is 1.33 bits per heavy atom. The largest absolute Gasteiger partial charge is 0.395 e. The summed E-state index contributed by atoms with van der Waals surface area (Å²) in [4.78, 5) is 0. The van der Waals surface area contributed by atoms with Gasteiger partial charge in [0.1, 0.15) is 0 Å². The number of hydrogen-bond acceptors (Lipinski definition) is 1. The SMILES string of the molecule is CC(C)[C@H]1CC[C@]23[C@H]4C=C[C@@](CO)(C[C@]12C)[C@]43C. The lowest BCUT2D eigenvalue weighted by Gasteiger charge is -2.39. The van der Waals surface area contributed by atoms with Crippen molar-refractivity contribution in [2.24, 2.45) is 39.4 Å². The van der Waals surface area contributed by atoms with Crippen molar-refractivity contribution >= 4 is 0 Å². The minimum Gasteiger partial charge on any atom is -0.395 e. The van der Waals surface area contributed by atoms with Crippen LogP contribution < -0.4 is 0 Å². The van der Waals surface area contributed by atoms with Crippen LogP contribution in [0, 0.1) is 39.4 Å². The van der Waals surface area contributed by atoms with Crippen molar-refractivity contribution < 1.29 is 5.11 Å². The molecule has 18 heavy (non-hydrogen) atoms. The van der Waals surface area contributed by atoms with Crippen LogP contribution >= 0.6 is 0 Å². The van der Waals surface area contributed by atoms with E-state index in [9.17, 15) is 5.11 Å². The Morgan fingerprint density at radius 2 is 2.06 bits per heavy atom. The molecule has 0 unspecified atom stereocenters. The van der Waals surface area contributed by atoms with Gasteiger partial charge in [0.2, 0.25) is 0 Å². The fourth-order valence-corrected chi connectivity index (χ4v) is 7.50. The van der Waals surface area contributed by atoms with Gasteiger partial charge in [-0.25, -0.2) is 0 Å². The minimum absolute atomic E-state index is 0.111. The highest BCUT2D eigenvalue weighted by atomic mass is 16.3. The number of hydrogen-bond donors (Lipinski definition) is 1. The molecule has 0 aliphatic heterocycles. The zero-order chi connectivity index (χ0) is 13.0. The normalized spacial score (nSPS) is 63.4. The van der Waals surface area contributed by atoms with Crippen molar-refractivity contribution in [3.05, 3.63) is 12.2 Å². The first-order valence-corrected chi connectivity index (χ1v) is 7.70. The van der Waals surface area contributed by atoms with E-state index in [4.69, 9.17) is 0 Å². The van der Waals surface area contributed by atoms with Crippen LogP contribution in [0.5, 0.6) is 0 Å². The molecule has 100 valence electrons. The summed E-state index contributed by atoms with van der Waals surface area (Å²) in [6.07, 6.45) is 8.88. The third kappa shape index (κ3) is 0.740. The van der Waals surface area contributed by atoms with E-state index in [-0.39, 0.29) is 5.41 Å². The van der Waals surface area contributed by atoms with Crippen LogP contribution in [0.25, 0.3) is 0 Å². The number of aliphatic hydroxyl groups excluding tert-OH is 1. The minimum atomic E-state index is 0.111. The molecule has 1 heteroatoms. The van der Waals surface area contributed by atoms with E-state index in [0.717, 1.165) is 17.8 Å². The first-order chi connectivity index (χ1) is 8.40. The maximum absolute atomic E-state index is 10.0. The van der Waals surface area contributed by atoms with Crippen molar-refractivity contribution in [2.75, 3.05) is 6.61 Å². The predicted octanol–water partition coefficient (Wildman–Crippen LogP) is 3.63. The lowest BCUT2D eigenvalue weighted by molar-refractivity contribution is 0.0683. The van der Waals surface area contributed by atoms with Gasteiger partial charge in [-0.3, -0.25) is 0 Å². The highest BCUT2D eigenvalue weighted by Crippen LogP contribution is 2.96. The second-order valence-electron chi connectivity index (χ2n) is 8.31. The second-order valence-corrected chi connectivity index (χ2v) is 8.31. The topological polar surface area (TPSA) is 20.2 Å². The van der Waals surface area contributed by atoms with Gasteiger partial charge in [-0.2, -0.15) is 0 Å². The molecule has 0 saturated heterocycles. The standard InChI is InChI=1S/C17H26O/c1-11(2)12-5-8-17-13-6-7-16(10-18,15(13,17)4)9-14(12,17)3/h6-7,11-13,18H,5,8-10H2,1-4H3/t12-,13+,14-,15+,16+,17+/m1/s1. The lowest BCUT2D eigenvalue weighted by atomic mass is 9.65. The van der Waals surface area contributed by atoms with E-state index in [0.29, 0.717) is 22.9 Å². The molecular weight excluding hydrogens is 220 g/mol. The third-order valence-electron chi connectivity index (χ3n) is 8.10. The first-order valence-electron chi connectivity index (χ1n) is 7.70. The monoisotopic (exact) mass is 246 g/mol. The summed E-state index contributed by atoms with van der Waals surface area (Å²) in [6, 6.07) is 0. The summed E-state index contributed by atoms with van der Waals surface area (Å²) in [5.41, 5.74) is 1.49. The van der Waals surface area contributed by atoms with Crippen molar-refractivity contribution in [1.29, 1.82) is 0 Å². The molecule has 4 rings (SSSR count). The van der Waals surface area contributed by atoms with Gasteiger partial charge >= 0.3 is 0 Å². The van der Waals surface area contributed by atoms with Crippen LogP contribution in [0.15, 0.2) is 12.2 Å². The van der Waals surface area contributed by atoms with E-state index in [1.807, 2.05) is 0 Å². The Bertz CT molecular complexity index is 453. The third-order valence-corrected chi connectivity index (χ3v) is 8.10. The molecule has 3 fully saturated rings. The molecular formula is C17H26O. The van der Waals surface area contributed by atoms with Crippen LogP contribution in [-0.4, -0.2) is 11.7 Å². The molecule has 1 N–H and O–H groups in total. The van der Waals surface area contributed by atoms with Gasteiger partial charge < -0.3 is 5.11 Å². The van der Waals surface area contributed by atoms with Gasteiger partial charge in [0, 0.05) is 5.41 Å². The number of aliphatic hydroxyl groups is 1. The van der Waals surface area contributed by atoms with Gasteiger partial charge in [0.15, 0.2) is 0 Å². The van der Waals surface area contributed by atoms with Gasteiger partial charge in [0.25, 0.3) is 0 Å². The Morgan fingerprint density at radius 3 is 2.67 bits per heavy atom. The zero-order valence-corrected chi connectivity index (χ0v) is 12.2. The molecule has 4 aliphatic carbocycles. The summed E-state index contributed by atoms with van der Waals surface area (Å²) >= 11 is 0. The van der Waals surface area contributed by atoms with Crippen LogP contribution in [-0.2, 0) is 0 Å². The molecule has 0 aromatic rings. The Kier molecular flexibility index (Phi) is 1.76. The lowest BCUT2D eigenvalue weighted by Crippen LogP contribution is -2.34. The summed E-state index contributed by atoms with van der Waals surface area (Å²) < 4.78 is 0. The summed E-state index contributed by atoms with van der Waals surface area (Å²) in [6.45, 7) is 10.2. The molecule has 3 saturated carbocycles. The molecule has 6 atom stereocenters. The van der Waals surface area contributed by atoms with Gasteiger partial charge in [-0.1, -0.05) is 39.8 Å². The van der Waals surface area contributed by atoms with Crippen molar-refractivity contribution in [1.82, 2.24) is 0 Å². The average Bonchev–Trinajstić information content (AvgIpc) is 2.50. The van der Waals surface area contributed by atoms with E-state index < -0.39 is 0 Å². The van der Waals surface area contributed by atoms with Crippen molar-refractivity contribution in [3.63, 3.8) is 0 Å². The first kappa shape index (κ1) is 11.5. The fraction of sp³-hybridized carbons (Fsp3) is 0.882. The maximum atomic E-state index is 10.0. The van der Waals surface area contributed by atoms with E-state index >= 15 is 0 Å². The highest BCUT2D eigenvalue weighted by Gasteiger charge is 2.92. The van der Waals surface area contributed by atoms with Crippen LogP contribution in [0.1, 0.15) is 47.0 Å². The number of allylic oxidation sites excluding steroid dienone is 1. The van der Waals surface area contributed by atoms with Crippen LogP contribution in [0.2, 0.25) is 0 Å². The summed E-state index contributed by atoms with van der Waals surface area (Å²) in [5, 5.41) is 10.0. The van der Waals surface area contributed by atoms with Crippen LogP contribution in [0.3, 0.4) is 0 Å². The molecule has 0 aromatic heterocycles. The summed E-state index contributed by atoms with van der Waals surface area (Å²) in [7, 11) is 0. The average molecular weight is 246 g/mol.